The highest BCUT2D eigenvalue weighted by Gasteiger charge is 2.12. The van der Waals surface area contributed by atoms with Crippen molar-refractivity contribution in [3.63, 3.8) is 0 Å². The molecule has 1 fully saturated rings. The number of ether oxygens (including phenoxy) is 1. The second-order valence-corrected chi connectivity index (χ2v) is 6.48. The highest BCUT2D eigenvalue weighted by Crippen LogP contribution is 2.23. The van der Waals surface area contributed by atoms with Crippen LogP contribution in [0.15, 0.2) is 15.9 Å². The minimum Gasteiger partial charge on any atom is -0.376 e. The highest BCUT2D eigenvalue weighted by atomic mass is 79.9. The molecule has 1 aliphatic rings. The molecule has 1 aromatic heterocycles. The van der Waals surface area contributed by atoms with Gasteiger partial charge in [-0.2, -0.15) is 0 Å². The summed E-state index contributed by atoms with van der Waals surface area (Å²) >= 11 is 5.20. The first-order valence-electron chi connectivity index (χ1n) is 5.37. The summed E-state index contributed by atoms with van der Waals surface area (Å²) in [7, 11) is 0. The lowest BCUT2D eigenvalue weighted by Gasteiger charge is -2.22. The quantitative estimate of drug-likeness (QED) is 0.920. The van der Waals surface area contributed by atoms with Gasteiger partial charge < -0.3 is 10.1 Å². The number of piperidine rings is 1. The van der Waals surface area contributed by atoms with Crippen molar-refractivity contribution in [2.75, 3.05) is 19.7 Å². The fourth-order valence-electron chi connectivity index (χ4n) is 1.82. The molecule has 0 aliphatic carbocycles. The fraction of sp³-hybridized carbons (Fsp3) is 0.636. The zero-order valence-corrected chi connectivity index (χ0v) is 11.1. The number of thiophene rings is 1. The van der Waals surface area contributed by atoms with E-state index < -0.39 is 0 Å². The molecule has 1 saturated heterocycles. The van der Waals surface area contributed by atoms with Crippen LogP contribution < -0.4 is 5.32 Å². The van der Waals surface area contributed by atoms with Gasteiger partial charge in [0.15, 0.2) is 0 Å². The first kappa shape index (κ1) is 11.6. The zero-order chi connectivity index (χ0) is 10.5. The van der Waals surface area contributed by atoms with Crippen LogP contribution >= 0.6 is 27.3 Å². The van der Waals surface area contributed by atoms with Gasteiger partial charge >= 0.3 is 0 Å². The third-order valence-corrected chi connectivity index (χ3v) is 4.22. The van der Waals surface area contributed by atoms with Crippen molar-refractivity contribution in [1.29, 1.82) is 0 Å². The summed E-state index contributed by atoms with van der Waals surface area (Å²) in [6.45, 7) is 3.94. The van der Waals surface area contributed by atoms with Crippen molar-refractivity contribution in [3.05, 3.63) is 20.8 Å². The van der Waals surface area contributed by atoms with Crippen LogP contribution in [0.2, 0.25) is 0 Å². The maximum atomic E-state index is 5.72. The van der Waals surface area contributed by atoms with E-state index in [-0.39, 0.29) is 0 Å². The maximum Gasteiger partial charge on any atom is 0.0809 e. The Morgan fingerprint density at radius 3 is 3.13 bits per heavy atom. The van der Waals surface area contributed by atoms with Crippen molar-refractivity contribution >= 4 is 27.3 Å². The molecular weight excluding hydrogens is 274 g/mol. The predicted octanol–water partition coefficient (Wildman–Crippen LogP) is 3.03. The van der Waals surface area contributed by atoms with Gasteiger partial charge in [0.25, 0.3) is 0 Å². The molecular formula is C11H16BrNOS. The van der Waals surface area contributed by atoms with E-state index in [1.165, 1.54) is 28.0 Å². The topological polar surface area (TPSA) is 21.3 Å². The third-order valence-electron chi connectivity index (χ3n) is 2.63. The zero-order valence-electron chi connectivity index (χ0n) is 8.67. The second-order valence-electron chi connectivity index (χ2n) is 3.93. The summed E-state index contributed by atoms with van der Waals surface area (Å²) in [6.07, 6.45) is 2.60. The Kier molecular flexibility index (Phi) is 4.62. The lowest BCUT2D eigenvalue weighted by Crippen LogP contribution is -2.32. The van der Waals surface area contributed by atoms with E-state index in [4.69, 9.17) is 4.74 Å². The van der Waals surface area contributed by atoms with Crippen LogP contribution in [0.25, 0.3) is 0 Å². The van der Waals surface area contributed by atoms with Gasteiger partial charge in [-0.3, -0.25) is 0 Å². The third kappa shape index (κ3) is 3.87. The molecule has 0 radical (unpaired) electrons. The smallest absolute Gasteiger partial charge is 0.0809 e. The largest absolute Gasteiger partial charge is 0.376 e. The Bertz CT molecular complexity index is 297. The SMILES string of the molecule is Brc1ccc(COCC2CCCNC2)s1. The Balaban J connectivity index is 1.65. The van der Waals surface area contributed by atoms with Crippen molar-refractivity contribution in [1.82, 2.24) is 5.32 Å². The molecule has 2 nitrogen and oxygen atoms in total. The lowest BCUT2D eigenvalue weighted by molar-refractivity contribution is 0.0799. The summed E-state index contributed by atoms with van der Waals surface area (Å²) in [4.78, 5) is 1.30. The van der Waals surface area contributed by atoms with Crippen LogP contribution in [-0.2, 0) is 11.3 Å². The standard InChI is InChI=1S/C11H16BrNOS/c12-11-4-3-10(15-11)8-14-7-9-2-1-5-13-6-9/h3-4,9,13H,1-2,5-8H2. The predicted molar refractivity (Wildman–Crippen MR) is 67.3 cm³/mol. The van der Waals surface area contributed by atoms with Gasteiger partial charge in [-0.15, -0.1) is 11.3 Å². The van der Waals surface area contributed by atoms with Gasteiger partial charge in [0, 0.05) is 11.4 Å². The molecule has 1 unspecified atom stereocenters. The van der Waals surface area contributed by atoms with Gasteiger partial charge in [0.05, 0.1) is 17.0 Å². The van der Waals surface area contributed by atoms with E-state index >= 15 is 0 Å². The van der Waals surface area contributed by atoms with Gasteiger partial charge in [-0.05, 0) is 53.4 Å². The molecule has 15 heavy (non-hydrogen) atoms. The molecule has 0 amide bonds. The van der Waals surface area contributed by atoms with Crippen LogP contribution in [0.5, 0.6) is 0 Å². The van der Waals surface area contributed by atoms with Crippen LogP contribution in [0.1, 0.15) is 17.7 Å². The number of rotatable bonds is 4. The minimum atomic E-state index is 0.710. The van der Waals surface area contributed by atoms with Gasteiger partial charge in [0.1, 0.15) is 0 Å². The summed E-state index contributed by atoms with van der Waals surface area (Å²) in [5.41, 5.74) is 0. The molecule has 4 heteroatoms. The number of halogens is 1. The Morgan fingerprint density at radius 1 is 1.53 bits per heavy atom. The molecule has 1 N–H and O–H groups in total. The highest BCUT2D eigenvalue weighted by molar-refractivity contribution is 9.11. The molecule has 1 atom stereocenters. The average Bonchev–Trinajstić information content (AvgIpc) is 2.66. The fourth-order valence-corrected chi connectivity index (χ4v) is 3.24. The Hall–Kier alpha value is 0.1000. The number of nitrogens with one attached hydrogen (secondary N) is 1. The lowest BCUT2D eigenvalue weighted by atomic mass is 10.0. The average molecular weight is 290 g/mol. The van der Waals surface area contributed by atoms with Crippen molar-refractivity contribution in [3.8, 4) is 0 Å². The van der Waals surface area contributed by atoms with Gasteiger partial charge in [-0.25, -0.2) is 0 Å². The molecule has 0 saturated carbocycles. The molecule has 0 spiro atoms. The van der Waals surface area contributed by atoms with E-state index in [1.807, 2.05) is 0 Å². The van der Waals surface area contributed by atoms with Crippen LogP contribution in [0.4, 0.5) is 0 Å². The first-order valence-corrected chi connectivity index (χ1v) is 6.98. The monoisotopic (exact) mass is 289 g/mol. The summed E-state index contributed by atoms with van der Waals surface area (Å²) in [5, 5.41) is 3.40. The number of hydrogen-bond acceptors (Lipinski definition) is 3. The Labute approximate surface area is 103 Å². The summed E-state index contributed by atoms with van der Waals surface area (Å²) in [5.74, 6) is 0.710. The molecule has 0 aromatic carbocycles. The molecule has 0 bridgehead atoms. The number of hydrogen-bond donors (Lipinski definition) is 1. The van der Waals surface area contributed by atoms with E-state index in [0.717, 1.165) is 19.8 Å². The van der Waals surface area contributed by atoms with Crippen LogP contribution in [-0.4, -0.2) is 19.7 Å². The maximum absolute atomic E-state index is 5.72. The molecule has 2 heterocycles. The van der Waals surface area contributed by atoms with Crippen molar-refractivity contribution in [2.24, 2.45) is 5.92 Å². The second kappa shape index (κ2) is 5.99. The van der Waals surface area contributed by atoms with E-state index in [0.29, 0.717) is 5.92 Å². The van der Waals surface area contributed by atoms with Crippen molar-refractivity contribution in [2.45, 2.75) is 19.4 Å². The summed E-state index contributed by atoms with van der Waals surface area (Å²) in [6, 6.07) is 4.19. The van der Waals surface area contributed by atoms with E-state index in [2.05, 4.69) is 33.4 Å². The van der Waals surface area contributed by atoms with E-state index in [1.54, 1.807) is 11.3 Å². The normalized spacial score (nSPS) is 21.8. The van der Waals surface area contributed by atoms with E-state index in [9.17, 15) is 0 Å². The first-order chi connectivity index (χ1) is 7.34. The molecule has 84 valence electrons. The minimum absolute atomic E-state index is 0.710. The molecule has 1 aliphatic heterocycles. The van der Waals surface area contributed by atoms with Crippen LogP contribution in [0, 0.1) is 5.92 Å². The Morgan fingerprint density at radius 2 is 2.47 bits per heavy atom. The van der Waals surface area contributed by atoms with Crippen LogP contribution in [0.3, 0.4) is 0 Å². The molecule has 1 aromatic rings. The van der Waals surface area contributed by atoms with Crippen molar-refractivity contribution < 1.29 is 4.74 Å². The van der Waals surface area contributed by atoms with Gasteiger partial charge in [0.2, 0.25) is 0 Å². The molecule has 2 rings (SSSR count). The van der Waals surface area contributed by atoms with Gasteiger partial charge in [-0.1, -0.05) is 0 Å². The summed E-state index contributed by atoms with van der Waals surface area (Å²) < 4.78 is 6.90.